The van der Waals surface area contributed by atoms with Crippen LogP contribution < -0.4 is 5.32 Å². The molecular formula is C16H23F2NO3. The van der Waals surface area contributed by atoms with Crippen LogP contribution in [0.5, 0.6) is 0 Å². The Kier molecular flexibility index (Phi) is 5.21. The number of carbonyl (C=O) groups is 1. The molecule has 0 aromatic heterocycles. The van der Waals surface area contributed by atoms with Crippen LogP contribution in [0.25, 0.3) is 0 Å². The molecule has 2 aliphatic rings. The summed E-state index contributed by atoms with van der Waals surface area (Å²) in [4.78, 5) is 11.9. The molecule has 1 fully saturated rings. The molecule has 124 valence electrons. The Hall–Kier alpha value is -1.43. The Morgan fingerprint density at radius 1 is 1.36 bits per heavy atom. The molecule has 0 aromatic rings. The molecule has 1 amide bonds. The van der Waals surface area contributed by atoms with Crippen molar-refractivity contribution in [3.05, 3.63) is 23.3 Å². The van der Waals surface area contributed by atoms with Crippen molar-refractivity contribution in [3.8, 4) is 0 Å². The number of amides is 1. The lowest BCUT2D eigenvalue weighted by atomic mass is 9.91. The van der Waals surface area contributed by atoms with Gasteiger partial charge in [-0.3, -0.25) is 0 Å². The molecule has 0 saturated carbocycles. The zero-order valence-corrected chi connectivity index (χ0v) is 13.2. The van der Waals surface area contributed by atoms with Gasteiger partial charge in [-0.2, -0.15) is 0 Å². The van der Waals surface area contributed by atoms with Gasteiger partial charge in [0, 0.05) is 25.0 Å². The Balaban J connectivity index is 2.10. The summed E-state index contributed by atoms with van der Waals surface area (Å²) in [6, 6.07) is -0.425. The highest BCUT2D eigenvalue weighted by atomic mass is 19.1. The zero-order valence-electron chi connectivity index (χ0n) is 13.2. The summed E-state index contributed by atoms with van der Waals surface area (Å²) in [5, 5.41) is 2.72. The molecule has 4 nitrogen and oxygen atoms in total. The standard InChI is InChI=1S/C16H23F2NO3/c1-16(2,3)22-15(20)19-13-5-4-8-21-14(13)11-9-10(17)6-7-12(11)18/h9,13-14H,4-8H2,1-3H3,(H,19,20)/t13?,14-/m1/s1. The van der Waals surface area contributed by atoms with Crippen LogP contribution in [0.2, 0.25) is 0 Å². The SMILES string of the molecule is CC(C)(C)OC(=O)NC1CCCO[C@@H]1C1=C(F)CCC(F)=C1. The summed E-state index contributed by atoms with van der Waals surface area (Å²) in [7, 11) is 0. The van der Waals surface area contributed by atoms with Gasteiger partial charge in [-0.1, -0.05) is 0 Å². The Labute approximate surface area is 129 Å². The van der Waals surface area contributed by atoms with Crippen molar-refractivity contribution in [3.63, 3.8) is 0 Å². The molecule has 1 N–H and O–H groups in total. The van der Waals surface area contributed by atoms with Gasteiger partial charge in [-0.05, 0) is 39.7 Å². The first-order valence-electron chi connectivity index (χ1n) is 7.62. The van der Waals surface area contributed by atoms with E-state index in [1.807, 2.05) is 0 Å². The molecule has 2 rings (SSSR count). The molecule has 0 bridgehead atoms. The van der Waals surface area contributed by atoms with Crippen molar-refractivity contribution in [2.75, 3.05) is 6.61 Å². The summed E-state index contributed by atoms with van der Waals surface area (Å²) in [5.41, 5.74) is -0.416. The maximum absolute atomic E-state index is 14.0. The van der Waals surface area contributed by atoms with Crippen LogP contribution in [0.1, 0.15) is 46.5 Å². The lowest BCUT2D eigenvalue weighted by Crippen LogP contribution is -2.49. The highest BCUT2D eigenvalue weighted by molar-refractivity contribution is 5.68. The molecule has 1 heterocycles. The molecule has 1 aliphatic heterocycles. The highest BCUT2D eigenvalue weighted by Gasteiger charge is 2.34. The van der Waals surface area contributed by atoms with E-state index in [-0.39, 0.29) is 30.1 Å². The number of allylic oxidation sites excluding steroid dienone is 2. The number of nitrogens with one attached hydrogen (secondary N) is 1. The molecule has 0 spiro atoms. The van der Waals surface area contributed by atoms with E-state index in [1.54, 1.807) is 20.8 Å². The van der Waals surface area contributed by atoms with E-state index in [4.69, 9.17) is 9.47 Å². The average molecular weight is 315 g/mol. The van der Waals surface area contributed by atoms with E-state index in [2.05, 4.69) is 5.32 Å². The van der Waals surface area contributed by atoms with Crippen LogP contribution in [0.4, 0.5) is 13.6 Å². The molecule has 22 heavy (non-hydrogen) atoms. The number of rotatable bonds is 2. The zero-order chi connectivity index (χ0) is 16.3. The third-order valence-corrected chi connectivity index (χ3v) is 3.54. The van der Waals surface area contributed by atoms with E-state index in [1.165, 1.54) is 6.08 Å². The molecule has 1 aliphatic carbocycles. The fraction of sp³-hybridized carbons (Fsp3) is 0.688. The minimum atomic E-state index is -0.674. The van der Waals surface area contributed by atoms with Gasteiger partial charge in [-0.25, -0.2) is 13.6 Å². The van der Waals surface area contributed by atoms with E-state index < -0.39 is 23.8 Å². The number of halogens is 2. The molecule has 0 radical (unpaired) electrons. The van der Waals surface area contributed by atoms with Crippen molar-refractivity contribution in [2.45, 2.75) is 64.2 Å². The molecule has 1 saturated heterocycles. The molecular weight excluding hydrogens is 292 g/mol. The van der Waals surface area contributed by atoms with Gasteiger partial charge < -0.3 is 14.8 Å². The van der Waals surface area contributed by atoms with Gasteiger partial charge >= 0.3 is 6.09 Å². The Morgan fingerprint density at radius 3 is 2.77 bits per heavy atom. The van der Waals surface area contributed by atoms with Gasteiger partial charge in [0.2, 0.25) is 0 Å². The first-order chi connectivity index (χ1) is 10.3. The van der Waals surface area contributed by atoms with Crippen molar-refractivity contribution < 1.29 is 23.0 Å². The van der Waals surface area contributed by atoms with Gasteiger partial charge in [0.1, 0.15) is 23.4 Å². The lowest BCUT2D eigenvalue weighted by molar-refractivity contribution is 0.00366. The van der Waals surface area contributed by atoms with Crippen molar-refractivity contribution in [1.82, 2.24) is 5.32 Å². The van der Waals surface area contributed by atoms with E-state index in [9.17, 15) is 13.6 Å². The summed E-state index contributed by atoms with van der Waals surface area (Å²) in [6.07, 6.45) is 1.44. The number of ether oxygens (including phenoxy) is 2. The van der Waals surface area contributed by atoms with Gasteiger partial charge in [0.25, 0.3) is 0 Å². The van der Waals surface area contributed by atoms with Crippen LogP contribution in [0.15, 0.2) is 23.3 Å². The van der Waals surface area contributed by atoms with Crippen molar-refractivity contribution in [1.29, 1.82) is 0 Å². The topological polar surface area (TPSA) is 47.6 Å². The quantitative estimate of drug-likeness (QED) is 0.840. The second-order valence-electron chi connectivity index (χ2n) is 6.64. The summed E-state index contributed by atoms with van der Waals surface area (Å²) >= 11 is 0. The first kappa shape index (κ1) is 16.9. The third-order valence-electron chi connectivity index (χ3n) is 3.54. The number of alkyl carbamates (subject to hydrolysis) is 1. The van der Waals surface area contributed by atoms with Crippen LogP contribution in [0.3, 0.4) is 0 Å². The normalized spacial score (nSPS) is 26.5. The van der Waals surface area contributed by atoms with E-state index >= 15 is 0 Å². The number of hydrogen-bond acceptors (Lipinski definition) is 3. The van der Waals surface area contributed by atoms with Gasteiger partial charge in [0.15, 0.2) is 0 Å². The fourth-order valence-electron chi connectivity index (χ4n) is 2.62. The van der Waals surface area contributed by atoms with Crippen LogP contribution >= 0.6 is 0 Å². The smallest absolute Gasteiger partial charge is 0.407 e. The maximum atomic E-state index is 14.0. The Morgan fingerprint density at radius 2 is 2.09 bits per heavy atom. The van der Waals surface area contributed by atoms with E-state index in [0.29, 0.717) is 13.0 Å². The maximum Gasteiger partial charge on any atom is 0.407 e. The minimum absolute atomic E-state index is 0.0384. The molecule has 1 unspecified atom stereocenters. The van der Waals surface area contributed by atoms with Gasteiger partial charge in [0.05, 0.1) is 6.04 Å². The minimum Gasteiger partial charge on any atom is -0.444 e. The fourth-order valence-corrected chi connectivity index (χ4v) is 2.62. The summed E-state index contributed by atoms with van der Waals surface area (Å²) < 4.78 is 38.3. The molecule has 0 aromatic carbocycles. The second-order valence-corrected chi connectivity index (χ2v) is 6.64. The number of carbonyl (C=O) groups excluding carboxylic acids is 1. The second kappa shape index (κ2) is 6.77. The van der Waals surface area contributed by atoms with Crippen molar-refractivity contribution >= 4 is 6.09 Å². The van der Waals surface area contributed by atoms with Crippen LogP contribution in [-0.4, -0.2) is 30.4 Å². The highest BCUT2D eigenvalue weighted by Crippen LogP contribution is 2.32. The Bertz CT molecular complexity index is 494. The van der Waals surface area contributed by atoms with Crippen LogP contribution in [0, 0.1) is 0 Å². The van der Waals surface area contributed by atoms with Crippen LogP contribution in [-0.2, 0) is 9.47 Å². The van der Waals surface area contributed by atoms with Crippen molar-refractivity contribution in [2.24, 2.45) is 0 Å². The summed E-state index contributed by atoms with van der Waals surface area (Å²) in [5.74, 6) is -0.731. The van der Waals surface area contributed by atoms with Gasteiger partial charge in [-0.15, -0.1) is 0 Å². The molecule has 2 atom stereocenters. The number of hydrogen-bond donors (Lipinski definition) is 1. The summed E-state index contributed by atoms with van der Waals surface area (Å²) in [6.45, 7) is 5.76. The predicted molar refractivity (Wildman–Crippen MR) is 78.7 cm³/mol. The largest absolute Gasteiger partial charge is 0.444 e. The average Bonchev–Trinajstić information content (AvgIpc) is 2.40. The predicted octanol–water partition coefficient (Wildman–Crippen LogP) is 3.93. The van der Waals surface area contributed by atoms with E-state index in [0.717, 1.165) is 6.42 Å². The monoisotopic (exact) mass is 315 g/mol. The lowest BCUT2D eigenvalue weighted by Gasteiger charge is -2.34. The first-order valence-corrected chi connectivity index (χ1v) is 7.62. The molecule has 6 heteroatoms. The third kappa shape index (κ3) is 4.53.